The molecule has 0 aliphatic carbocycles. The molecule has 2 nitrogen and oxygen atoms in total. The second-order valence-corrected chi connectivity index (χ2v) is 3.82. The van der Waals surface area contributed by atoms with Crippen LogP contribution >= 0.6 is 0 Å². The molecule has 0 bridgehead atoms. The highest BCUT2D eigenvalue weighted by Crippen LogP contribution is 2.25. The van der Waals surface area contributed by atoms with E-state index in [1.807, 2.05) is 27.1 Å². The first-order valence-corrected chi connectivity index (χ1v) is 5.03. The molecule has 0 aliphatic rings. The fraction of sp³-hybridized carbons (Fsp3) is 0.333. The number of fused-ring (bicyclic) bond motifs is 1. The van der Waals surface area contributed by atoms with Gasteiger partial charge in [-0.1, -0.05) is 0 Å². The number of halogens is 1. The van der Waals surface area contributed by atoms with Crippen LogP contribution in [0.3, 0.4) is 0 Å². The predicted octanol–water partition coefficient (Wildman–Crippen LogP) is 2.35. The average Bonchev–Trinajstić information content (AvgIpc) is 2.44. The Kier molecular flexibility index (Phi) is 2.49. The molecule has 1 aromatic carbocycles. The highest BCUT2D eigenvalue weighted by atomic mass is 19.1. The minimum absolute atomic E-state index is 0.174. The first-order valence-electron chi connectivity index (χ1n) is 5.03. The Hall–Kier alpha value is -1.35. The summed E-state index contributed by atoms with van der Waals surface area (Å²) in [7, 11) is 3.93. The van der Waals surface area contributed by atoms with Crippen LogP contribution in [0, 0.1) is 12.7 Å². The summed E-state index contributed by atoms with van der Waals surface area (Å²) >= 11 is 0. The number of aryl methyl sites for hydroxylation is 2. The smallest absolute Gasteiger partial charge is 0.123 e. The molecule has 2 rings (SSSR count). The van der Waals surface area contributed by atoms with Crippen molar-refractivity contribution in [1.82, 2.24) is 9.88 Å². The van der Waals surface area contributed by atoms with Gasteiger partial charge in [-0.25, -0.2) is 4.39 Å². The first-order chi connectivity index (χ1) is 7.15. The fourth-order valence-electron chi connectivity index (χ4n) is 2.07. The topological polar surface area (TPSA) is 17.0 Å². The lowest BCUT2D eigenvalue weighted by Gasteiger charge is -2.03. The molecule has 2 aromatic rings. The molecule has 1 N–H and O–H groups in total. The van der Waals surface area contributed by atoms with Gasteiger partial charge in [0.25, 0.3) is 0 Å². The van der Waals surface area contributed by atoms with E-state index >= 15 is 0 Å². The number of nitrogens with one attached hydrogen (secondary N) is 1. The van der Waals surface area contributed by atoms with Crippen molar-refractivity contribution in [2.75, 3.05) is 7.05 Å². The van der Waals surface area contributed by atoms with Gasteiger partial charge >= 0.3 is 0 Å². The molecule has 0 amide bonds. The van der Waals surface area contributed by atoms with E-state index in [9.17, 15) is 4.39 Å². The van der Waals surface area contributed by atoms with Gasteiger partial charge in [0.15, 0.2) is 0 Å². The fourth-order valence-corrected chi connectivity index (χ4v) is 2.07. The summed E-state index contributed by atoms with van der Waals surface area (Å²) in [5.41, 5.74) is 3.44. The molecule has 0 atom stereocenters. The molecule has 0 fully saturated rings. The Morgan fingerprint density at radius 2 is 2.13 bits per heavy atom. The van der Waals surface area contributed by atoms with Gasteiger partial charge in [-0.3, -0.25) is 0 Å². The highest BCUT2D eigenvalue weighted by molar-refractivity contribution is 5.85. The van der Waals surface area contributed by atoms with Crippen molar-refractivity contribution in [1.29, 1.82) is 0 Å². The number of rotatable bonds is 2. The van der Waals surface area contributed by atoms with Crippen molar-refractivity contribution in [2.24, 2.45) is 7.05 Å². The van der Waals surface area contributed by atoms with E-state index in [2.05, 4.69) is 9.88 Å². The van der Waals surface area contributed by atoms with E-state index in [4.69, 9.17) is 0 Å². The van der Waals surface area contributed by atoms with Crippen LogP contribution in [-0.2, 0) is 13.6 Å². The lowest BCUT2D eigenvalue weighted by molar-refractivity contribution is 0.629. The lowest BCUT2D eigenvalue weighted by atomic mass is 10.1. The third kappa shape index (κ3) is 1.53. The maximum Gasteiger partial charge on any atom is 0.123 e. The van der Waals surface area contributed by atoms with Crippen LogP contribution in [0.15, 0.2) is 18.2 Å². The van der Waals surface area contributed by atoms with Crippen molar-refractivity contribution in [3.8, 4) is 0 Å². The van der Waals surface area contributed by atoms with Crippen LogP contribution < -0.4 is 5.32 Å². The second kappa shape index (κ2) is 3.66. The minimum Gasteiger partial charge on any atom is -0.346 e. The van der Waals surface area contributed by atoms with E-state index < -0.39 is 0 Å². The zero-order valence-electron chi connectivity index (χ0n) is 9.26. The van der Waals surface area contributed by atoms with Crippen molar-refractivity contribution in [3.05, 3.63) is 35.3 Å². The molecule has 0 radical (unpaired) electrons. The average molecular weight is 206 g/mol. The van der Waals surface area contributed by atoms with Crippen molar-refractivity contribution < 1.29 is 4.39 Å². The molecule has 0 unspecified atom stereocenters. The van der Waals surface area contributed by atoms with E-state index in [0.717, 1.165) is 23.0 Å². The van der Waals surface area contributed by atoms with Crippen LogP contribution in [-0.4, -0.2) is 11.6 Å². The molecule has 1 aromatic heterocycles. The molecular weight excluding hydrogens is 191 g/mol. The zero-order valence-corrected chi connectivity index (χ0v) is 9.26. The largest absolute Gasteiger partial charge is 0.346 e. The summed E-state index contributed by atoms with van der Waals surface area (Å²) in [4.78, 5) is 0. The predicted molar refractivity (Wildman–Crippen MR) is 60.4 cm³/mol. The third-order valence-electron chi connectivity index (χ3n) is 2.91. The standard InChI is InChI=1S/C12H15FN2/c1-8-10-6-9(13)4-5-11(10)15(3)12(8)7-14-2/h4-6,14H,7H2,1-3H3. The highest BCUT2D eigenvalue weighted by Gasteiger charge is 2.10. The molecule has 15 heavy (non-hydrogen) atoms. The Morgan fingerprint density at radius 3 is 2.80 bits per heavy atom. The normalized spacial score (nSPS) is 11.2. The summed E-state index contributed by atoms with van der Waals surface area (Å²) in [6.45, 7) is 2.84. The summed E-state index contributed by atoms with van der Waals surface area (Å²) in [6, 6.07) is 4.94. The lowest BCUT2D eigenvalue weighted by Crippen LogP contribution is -2.10. The van der Waals surface area contributed by atoms with E-state index in [-0.39, 0.29) is 5.82 Å². The maximum atomic E-state index is 13.1. The molecule has 3 heteroatoms. The van der Waals surface area contributed by atoms with E-state index in [0.29, 0.717) is 0 Å². The molecule has 80 valence electrons. The van der Waals surface area contributed by atoms with Crippen molar-refractivity contribution in [3.63, 3.8) is 0 Å². The van der Waals surface area contributed by atoms with Gasteiger partial charge in [-0.2, -0.15) is 0 Å². The molecule has 0 aliphatic heterocycles. The summed E-state index contributed by atoms with van der Waals surface area (Å²) in [6.07, 6.45) is 0. The summed E-state index contributed by atoms with van der Waals surface area (Å²) < 4.78 is 15.2. The van der Waals surface area contributed by atoms with Crippen LogP contribution in [0.5, 0.6) is 0 Å². The van der Waals surface area contributed by atoms with Gasteiger partial charge in [-0.15, -0.1) is 0 Å². The summed E-state index contributed by atoms with van der Waals surface area (Å²) in [5.74, 6) is -0.174. The van der Waals surface area contributed by atoms with Crippen molar-refractivity contribution >= 4 is 10.9 Å². The number of hydrogen-bond donors (Lipinski definition) is 1. The van der Waals surface area contributed by atoms with Crippen molar-refractivity contribution in [2.45, 2.75) is 13.5 Å². The molecular formula is C12H15FN2. The maximum absolute atomic E-state index is 13.1. The quantitative estimate of drug-likeness (QED) is 0.798. The SMILES string of the molecule is CNCc1c(C)c2cc(F)ccc2n1C. The Bertz CT molecular complexity index is 500. The monoisotopic (exact) mass is 206 g/mol. The van der Waals surface area contributed by atoms with E-state index in [1.165, 1.54) is 11.8 Å². The number of hydrogen-bond acceptors (Lipinski definition) is 1. The van der Waals surface area contributed by atoms with Gasteiger partial charge < -0.3 is 9.88 Å². The van der Waals surface area contributed by atoms with Crippen LogP contribution in [0.1, 0.15) is 11.3 Å². The Balaban J connectivity index is 2.73. The third-order valence-corrected chi connectivity index (χ3v) is 2.91. The number of benzene rings is 1. The van der Waals surface area contributed by atoms with E-state index in [1.54, 1.807) is 6.07 Å². The second-order valence-electron chi connectivity index (χ2n) is 3.82. The summed E-state index contributed by atoms with van der Waals surface area (Å²) in [5, 5.41) is 4.13. The van der Waals surface area contributed by atoms with Gasteiger partial charge in [0.05, 0.1) is 0 Å². The van der Waals surface area contributed by atoms with Crippen LogP contribution in [0.4, 0.5) is 4.39 Å². The van der Waals surface area contributed by atoms with Crippen LogP contribution in [0.25, 0.3) is 10.9 Å². The first kappa shape index (κ1) is 10.2. The van der Waals surface area contributed by atoms with Gasteiger partial charge in [0.2, 0.25) is 0 Å². The van der Waals surface area contributed by atoms with Crippen LogP contribution in [0.2, 0.25) is 0 Å². The Morgan fingerprint density at radius 1 is 1.40 bits per heavy atom. The number of nitrogens with zero attached hydrogens (tertiary/aromatic N) is 1. The number of aromatic nitrogens is 1. The molecule has 1 heterocycles. The van der Waals surface area contributed by atoms with Gasteiger partial charge in [-0.05, 0) is 37.7 Å². The van der Waals surface area contributed by atoms with Gasteiger partial charge in [0.1, 0.15) is 5.82 Å². The zero-order chi connectivity index (χ0) is 11.0. The minimum atomic E-state index is -0.174. The molecule has 0 saturated carbocycles. The Labute approximate surface area is 88.7 Å². The molecule has 0 spiro atoms. The van der Waals surface area contributed by atoms with Gasteiger partial charge in [0, 0.05) is 30.2 Å². The molecule has 0 saturated heterocycles.